The summed E-state index contributed by atoms with van der Waals surface area (Å²) in [4.78, 5) is 24.6. The summed E-state index contributed by atoms with van der Waals surface area (Å²) in [5.74, 6) is -0.929. The van der Waals surface area contributed by atoms with Gasteiger partial charge < -0.3 is 4.74 Å². The average molecular weight is 538 g/mol. The highest BCUT2D eigenvalue weighted by Crippen LogP contribution is 2.23. The number of benzene rings is 3. The van der Waals surface area contributed by atoms with Crippen LogP contribution in [-0.4, -0.2) is 30.9 Å². The minimum absolute atomic E-state index is 0.170. The Bertz CT molecular complexity index is 1220. The van der Waals surface area contributed by atoms with Crippen molar-refractivity contribution in [2.45, 2.75) is 0 Å². The second-order valence-corrected chi connectivity index (χ2v) is 8.18. The molecule has 0 unspecified atom stereocenters. The Labute approximate surface area is 215 Å². The molecule has 0 fully saturated rings. The summed E-state index contributed by atoms with van der Waals surface area (Å²) in [6.45, 7) is -0.392. The number of hydrazone groups is 2. The van der Waals surface area contributed by atoms with Crippen LogP contribution in [0.5, 0.6) is 5.75 Å². The van der Waals surface area contributed by atoms with E-state index in [0.717, 1.165) is 0 Å². The van der Waals surface area contributed by atoms with Gasteiger partial charge in [-0.25, -0.2) is 10.9 Å². The first-order valence-corrected chi connectivity index (χ1v) is 11.1. The Hall–Kier alpha value is -3.10. The van der Waals surface area contributed by atoms with E-state index in [2.05, 4.69) is 21.1 Å². The molecule has 0 radical (unpaired) electrons. The molecule has 3 aromatic rings. The standard InChI is InChI=1S/C23H16Cl4N4O3/c24-17-6-3-7-18(25)15(17)11-28-30-22(32)13-34-21-10-2-1-5-14(21)23(33)31-29-12-16-19(26)8-4-9-20(16)27/h1-12H,13H2,(H,30,32)(H,31,33)/b28-11-,29-12+. The number of halogens is 4. The minimum atomic E-state index is -0.555. The molecule has 34 heavy (non-hydrogen) atoms. The molecule has 3 aromatic carbocycles. The summed E-state index contributed by atoms with van der Waals surface area (Å²) in [6.07, 6.45) is 2.66. The van der Waals surface area contributed by atoms with Gasteiger partial charge in [0.1, 0.15) is 5.75 Å². The highest BCUT2D eigenvalue weighted by Gasteiger charge is 2.13. The fourth-order valence-corrected chi connectivity index (χ4v) is 3.60. The molecule has 0 saturated carbocycles. The quantitative estimate of drug-likeness (QED) is 0.289. The molecule has 0 heterocycles. The van der Waals surface area contributed by atoms with Crippen molar-refractivity contribution in [2.75, 3.05) is 6.61 Å². The third-order valence-electron chi connectivity index (χ3n) is 4.23. The zero-order valence-electron chi connectivity index (χ0n) is 17.3. The first-order valence-electron chi connectivity index (χ1n) is 9.62. The van der Waals surface area contributed by atoms with Gasteiger partial charge in [-0.05, 0) is 36.4 Å². The fraction of sp³-hybridized carbons (Fsp3) is 0.0435. The van der Waals surface area contributed by atoms with Gasteiger partial charge in [0.05, 0.1) is 38.1 Å². The minimum Gasteiger partial charge on any atom is -0.483 e. The lowest BCUT2D eigenvalue weighted by molar-refractivity contribution is -0.123. The maximum atomic E-state index is 12.5. The van der Waals surface area contributed by atoms with Gasteiger partial charge in [0.2, 0.25) is 0 Å². The summed E-state index contributed by atoms with van der Waals surface area (Å²) in [5.41, 5.74) is 5.78. The van der Waals surface area contributed by atoms with E-state index < -0.39 is 18.4 Å². The van der Waals surface area contributed by atoms with Crippen molar-refractivity contribution in [3.05, 3.63) is 97.4 Å². The van der Waals surface area contributed by atoms with Crippen molar-refractivity contribution in [3.8, 4) is 5.75 Å². The van der Waals surface area contributed by atoms with Crippen LogP contribution in [0.3, 0.4) is 0 Å². The number of ether oxygens (including phenoxy) is 1. The molecule has 2 N–H and O–H groups in total. The number of amides is 2. The summed E-state index contributed by atoms with van der Waals surface area (Å²) in [5, 5.41) is 9.27. The van der Waals surface area contributed by atoms with Gasteiger partial charge in [-0.15, -0.1) is 0 Å². The zero-order chi connectivity index (χ0) is 24.5. The van der Waals surface area contributed by atoms with Crippen molar-refractivity contribution < 1.29 is 14.3 Å². The first kappa shape index (κ1) is 25.5. The fourth-order valence-electron chi connectivity index (χ4n) is 2.61. The second kappa shape index (κ2) is 12.4. The van der Waals surface area contributed by atoms with Crippen molar-refractivity contribution in [3.63, 3.8) is 0 Å². The lowest BCUT2D eigenvalue weighted by Gasteiger charge is -2.09. The van der Waals surface area contributed by atoms with Crippen molar-refractivity contribution in [1.29, 1.82) is 0 Å². The highest BCUT2D eigenvalue weighted by atomic mass is 35.5. The number of hydrogen-bond donors (Lipinski definition) is 2. The first-order chi connectivity index (χ1) is 16.4. The molecule has 0 aliphatic rings. The van der Waals surface area contributed by atoms with E-state index in [0.29, 0.717) is 31.2 Å². The number of nitrogens with one attached hydrogen (secondary N) is 2. The van der Waals surface area contributed by atoms with Crippen LogP contribution in [0, 0.1) is 0 Å². The average Bonchev–Trinajstić information content (AvgIpc) is 2.81. The summed E-state index contributed by atoms with van der Waals surface area (Å²) in [6, 6.07) is 16.4. The Morgan fingerprint density at radius 1 is 0.735 bits per heavy atom. The molecule has 0 saturated heterocycles. The van der Waals surface area contributed by atoms with E-state index in [1.807, 2.05) is 0 Å². The topological polar surface area (TPSA) is 92.2 Å². The lowest BCUT2D eigenvalue weighted by Crippen LogP contribution is -2.26. The van der Waals surface area contributed by atoms with Crippen LogP contribution in [0.2, 0.25) is 20.1 Å². The molecule has 0 aromatic heterocycles. The SMILES string of the molecule is O=C(COc1ccccc1C(=O)N/N=C/c1c(Cl)cccc1Cl)N/N=C\c1c(Cl)cccc1Cl. The van der Waals surface area contributed by atoms with Crippen LogP contribution in [-0.2, 0) is 4.79 Å². The molecule has 2 amide bonds. The normalized spacial score (nSPS) is 11.1. The molecule has 3 rings (SSSR count). The van der Waals surface area contributed by atoms with Gasteiger partial charge in [0.25, 0.3) is 11.8 Å². The number of carbonyl (C=O) groups is 2. The largest absolute Gasteiger partial charge is 0.483 e. The number of hydrogen-bond acceptors (Lipinski definition) is 5. The van der Waals surface area contributed by atoms with E-state index in [1.165, 1.54) is 18.5 Å². The Kier molecular flexibility index (Phi) is 9.30. The highest BCUT2D eigenvalue weighted by molar-refractivity contribution is 6.39. The number of carbonyl (C=O) groups excluding carboxylic acids is 2. The molecule has 0 atom stereocenters. The second-order valence-electron chi connectivity index (χ2n) is 6.55. The molecule has 174 valence electrons. The zero-order valence-corrected chi connectivity index (χ0v) is 20.3. The monoisotopic (exact) mass is 536 g/mol. The molecule has 11 heteroatoms. The van der Waals surface area contributed by atoms with E-state index >= 15 is 0 Å². The molecule has 0 spiro atoms. The Morgan fingerprint density at radius 3 is 1.79 bits per heavy atom. The van der Waals surface area contributed by atoms with Crippen molar-refractivity contribution >= 4 is 70.6 Å². The van der Waals surface area contributed by atoms with Crippen molar-refractivity contribution in [2.24, 2.45) is 10.2 Å². The van der Waals surface area contributed by atoms with Gasteiger partial charge in [-0.2, -0.15) is 10.2 Å². The van der Waals surface area contributed by atoms with Crippen molar-refractivity contribution in [1.82, 2.24) is 10.9 Å². The molecule has 0 bridgehead atoms. The van der Waals surface area contributed by atoms with E-state index in [1.54, 1.807) is 54.6 Å². The van der Waals surface area contributed by atoms with Crippen LogP contribution >= 0.6 is 46.4 Å². The maximum Gasteiger partial charge on any atom is 0.277 e. The van der Waals surface area contributed by atoms with Crippen LogP contribution < -0.4 is 15.6 Å². The van der Waals surface area contributed by atoms with Crippen LogP contribution in [0.4, 0.5) is 0 Å². The number of rotatable bonds is 8. The van der Waals surface area contributed by atoms with Gasteiger partial charge in [0, 0.05) is 11.1 Å². The lowest BCUT2D eigenvalue weighted by atomic mass is 10.2. The smallest absolute Gasteiger partial charge is 0.277 e. The molecular weight excluding hydrogens is 522 g/mol. The summed E-state index contributed by atoms with van der Waals surface area (Å²) >= 11 is 24.2. The van der Waals surface area contributed by atoms with E-state index in [9.17, 15) is 9.59 Å². The number of nitrogens with zero attached hydrogens (tertiary/aromatic N) is 2. The number of para-hydroxylation sites is 1. The van der Waals surface area contributed by atoms with Gasteiger partial charge in [-0.3, -0.25) is 9.59 Å². The molecule has 0 aliphatic heterocycles. The molecular formula is C23H16Cl4N4O3. The molecule has 0 aliphatic carbocycles. The maximum absolute atomic E-state index is 12.5. The Balaban J connectivity index is 1.58. The third kappa shape index (κ3) is 6.95. The van der Waals surface area contributed by atoms with Crippen LogP contribution in [0.25, 0.3) is 0 Å². The Morgan fingerprint density at radius 2 is 1.24 bits per heavy atom. The summed E-state index contributed by atoms with van der Waals surface area (Å²) < 4.78 is 5.48. The third-order valence-corrected chi connectivity index (χ3v) is 5.55. The molecule has 7 nitrogen and oxygen atoms in total. The van der Waals surface area contributed by atoms with Gasteiger partial charge in [-0.1, -0.05) is 70.7 Å². The predicted molar refractivity (Wildman–Crippen MR) is 136 cm³/mol. The van der Waals surface area contributed by atoms with E-state index in [4.69, 9.17) is 51.1 Å². The predicted octanol–water partition coefficient (Wildman–Crippen LogP) is 5.59. The van der Waals surface area contributed by atoms with E-state index in [-0.39, 0.29) is 11.3 Å². The van der Waals surface area contributed by atoms with Gasteiger partial charge in [0.15, 0.2) is 6.61 Å². The summed E-state index contributed by atoms with van der Waals surface area (Å²) in [7, 11) is 0. The van der Waals surface area contributed by atoms with Crippen LogP contribution in [0.1, 0.15) is 21.5 Å². The van der Waals surface area contributed by atoms with Gasteiger partial charge >= 0.3 is 0 Å². The van der Waals surface area contributed by atoms with Crippen LogP contribution in [0.15, 0.2) is 70.9 Å².